The number of hydrogen-bond acceptors (Lipinski definition) is 5. The fourth-order valence-corrected chi connectivity index (χ4v) is 2.84. The van der Waals surface area contributed by atoms with Crippen LogP contribution >= 0.6 is 0 Å². The average molecular weight is 284 g/mol. The standard InChI is InChI=1S/C10H16N6O2S/c1-3-4-16-10(11-7-14-16)8(2)15-19(17,18)9-5-12-13-6-9/h5-8,15H,3-4H2,1-2H3,(H,12,13)/t8-/m0/s1. The lowest BCUT2D eigenvalue weighted by Gasteiger charge is -2.13. The molecule has 0 fully saturated rings. The first kappa shape index (κ1) is 13.7. The van der Waals surface area contributed by atoms with Gasteiger partial charge in [0.1, 0.15) is 17.0 Å². The molecule has 0 radical (unpaired) electrons. The van der Waals surface area contributed by atoms with E-state index in [2.05, 4.69) is 25.0 Å². The van der Waals surface area contributed by atoms with Gasteiger partial charge in [-0.05, 0) is 13.3 Å². The highest BCUT2D eigenvalue weighted by Crippen LogP contribution is 2.14. The summed E-state index contributed by atoms with van der Waals surface area (Å²) in [4.78, 5) is 4.20. The van der Waals surface area contributed by atoms with Crippen LogP contribution in [0.25, 0.3) is 0 Å². The molecule has 0 unspecified atom stereocenters. The van der Waals surface area contributed by atoms with E-state index in [9.17, 15) is 8.42 Å². The summed E-state index contributed by atoms with van der Waals surface area (Å²) in [7, 11) is -3.60. The predicted octanol–water partition coefficient (Wildman–Crippen LogP) is 0.451. The Kier molecular flexibility index (Phi) is 3.96. The molecular formula is C10H16N6O2S. The maximum atomic E-state index is 12.0. The quantitative estimate of drug-likeness (QED) is 0.801. The smallest absolute Gasteiger partial charge is 0.244 e. The van der Waals surface area contributed by atoms with Gasteiger partial charge in [0.25, 0.3) is 0 Å². The van der Waals surface area contributed by atoms with Crippen molar-refractivity contribution in [2.45, 2.75) is 37.8 Å². The summed E-state index contributed by atoms with van der Waals surface area (Å²) in [5.74, 6) is 0.592. The predicted molar refractivity (Wildman–Crippen MR) is 67.6 cm³/mol. The van der Waals surface area contributed by atoms with Gasteiger partial charge in [-0.1, -0.05) is 6.92 Å². The van der Waals surface area contributed by atoms with E-state index in [1.165, 1.54) is 18.7 Å². The Labute approximate surface area is 111 Å². The zero-order valence-corrected chi connectivity index (χ0v) is 11.6. The van der Waals surface area contributed by atoms with Crippen LogP contribution in [0.2, 0.25) is 0 Å². The molecule has 0 aliphatic carbocycles. The molecule has 2 aromatic rings. The number of H-pyrrole nitrogens is 1. The SMILES string of the molecule is CCCn1ncnc1[C@H](C)NS(=O)(=O)c1cn[nH]c1. The van der Waals surface area contributed by atoms with E-state index in [-0.39, 0.29) is 4.90 Å². The minimum atomic E-state index is -3.60. The van der Waals surface area contributed by atoms with Crippen molar-refractivity contribution in [3.8, 4) is 0 Å². The van der Waals surface area contributed by atoms with Gasteiger partial charge < -0.3 is 0 Å². The molecule has 8 nitrogen and oxygen atoms in total. The third kappa shape index (κ3) is 2.99. The minimum absolute atomic E-state index is 0.0981. The maximum absolute atomic E-state index is 12.0. The van der Waals surface area contributed by atoms with Crippen molar-refractivity contribution in [2.24, 2.45) is 0 Å². The lowest BCUT2D eigenvalue weighted by atomic mass is 10.3. The molecule has 0 saturated heterocycles. The van der Waals surface area contributed by atoms with E-state index in [4.69, 9.17) is 0 Å². The normalized spacial score (nSPS) is 13.6. The molecule has 2 heterocycles. The van der Waals surface area contributed by atoms with Crippen LogP contribution in [-0.4, -0.2) is 33.4 Å². The topological polar surface area (TPSA) is 106 Å². The number of sulfonamides is 1. The number of aromatic nitrogens is 5. The number of aryl methyl sites for hydroxylation is 1. The number of aromatic amines is 1. The summed E-state index contributed by atoms with van der Waals surface area (Å²) in [6.07, 6.45) is 4.91. The van der Waals surface area contributed by atoms with Crippen molar-refractivity contribution in [3.63, 3.8) is 0 Å². The summed E-state index contributed by atoms with van der Waals surface area (Å²) in [6, 6.07) is -0.464. The van der Waals surface area contributed by atoms with Gasteiger partial charge in [0.05, 0.1) is 12.2 Å². The van der Waals surface area contributed by atoms with E-state index in [1.807, 2.05) is 6.92 Å². The van der Waals surface area contributed by atoms with Crippen molar-refractivity contribution in [2.75, 3.05) is 0 Å². The highest BCUT2D eigenvalue weighted by Gasteiger charge is 2.22. The van der Waals surface area contributed by atoms with Gasteiger partial charge in [-0.2, -0.15) is 10.2 Å². The van der Waals surface area contributed by atoms with Crippen molar-refractivity contribution >= 4 is 10.0 Å². The van der Waals surface area contributed by atoms with E-state index in [0.29, 0.717) is 12.4 Å². The minimum Gasteiger partial charge on any atom is -0.284 e. The zero-order valence-electron chi connectivity index (χ0n) is 10.7. The Bertz CT molecular complexity index is 618. The second-order valence-electron chi connectivity index (χ2n) is 4.12. The Hall–Kier alpha value is -1.74. The van der Waals surface area contributed by atoms with Gasteiger partial charge in [0.2, 0.25) is 10.0 Å². The molecule has 2 N–H and O–H groups in total. The van der Waals surface area contributed by atoms with E-state index in [0.717, 1.165) is 6.42 Å². The largest absolute Gasteiger partial charge is 0.284 e. The third-order valence-electron chi connectivity index (χ3n) is 2.58. The van der Waals surface area contributed by atoms with Gasteiger partial charge in [0, 0.05) is 12.7 Å². The van der Waals surface area contributed by atoms with Crippen LogP contribution in [0.1, 0.15) is 32.1 Å². The summed E-state index contributed by atoms with van der Waals surface area (Å²) in [5, 5.41) is 10.2. The van der Waals surface area contributed by atoms with Gasteiger partial charge >= 0.3 is 0 Å². The van der Waals surface area contributed by atoms with Crippen molar-refractivity contribution < 1.29 is 8.42 Å². The zero-order chi connectivity index (χ0) is 13.9. The molecule has 0 bridgehead atoms. The molecule has 2 aromatic heterocycles. The van der Waals surface area contributed by atoms with Crippen LogP contribution in [0.4, 0.5) is 0 Å². The molecule has 104 valence electrons. The maximum Gasteiger partial charge on any atom is 0.244 e. The van der Waals surface area contributed by atoms with Crippen LogP contribution in [0, 0.1) is 0 Å². The second kappa shape index (κ2) is 5.49. The summed E-state index contributed by atoms with van der Waals surface area (Å²) < 4.78 is 28.3. The van der Waals surface area contributed by atoms with Gasteiger partial charge in [0.15, 0.2) is 0 Å². The molecule has 9 heteroatoms. The molecular weight excluding hydrogens is 268 g/mol. The molecule has 2 rings (SSSR count). The van der Waals surface area contributed by atoms with Gasteiger partial charge in [-0.15, -0.1) is 0 Å². The number of nitrogens with one attached hydrogen (secondary N) is 2. The second-order valence-corrected chi connectivity index (χ2v) is 5.83. The summed E-state index contributed by atoms with van der Waals surface area (Å²) >= 11 is 0. The Morgan fingerprint density at radius 2 is 2.32 bits per heavy atom. The first-order valence-electron chi connectivity index (χ1n) is 5.93. The van der Waals surface area contributed by atoms with E-state index < -0.39 is 16.1 Å². The molecule has 0 amide bonds. The third-order valence-corrected chi connectivity index (χ3v) is 4.09. The molecule has 0 saturated carbocycles. The monoisotopic (exact) mass is 284 g/mol. The number of nitrogens with zero attached hydrogens (tertiary/aromatic N) is 4. The summed E-state index contributed by atoms with van der Waals surface area (Å²) in [6.45, 7) is 4.45. The first-order valence-corrected chi connectivity index (χ1v) is 7.41. The lowest BCUT2D eigenvalue weighted by molar-refractivity contribution is 0.515. The van der Waals surface area contributed by atoms with Crippen LogP contribution in [0.5, 0.6) is 0 Å². The Morgan fingerprint density at radius 3 is 2.95 bits per heavy atom. The number of hydrogen-bond donors (Lipinski definition) is 2. The molecule has 0 spiro atoms. The molecule has 0 aliphatic rings. The van der Waals surface area contributed by atoms with Crippen LogP contribution in [-0.2, 0) is 16.6 Å². The lowest BCUT2D eigenvalue weighted by Crippen LogP contribution is -2.28. The Morgan fingerprint density at radius 1 is 1.53 bits per heavy atom. The first-order chi connectivity index (χ1) is 9.04. The van der Waals surface area contributed by atoms with Crippen molar-refractivity contribution in [1.82, 2.24) is 29.7 Å². The van der Waals surface area contributed by atoms with Crippen LogP contribution < -0.4 is 4.72 Å². The van der Waals surface area contributed by atoms with E-state index in [1.54, 1.807) is 11.6 Å². The van der Waals surface area contributed by atoms with Crippen LogP contribution in [0.15, 0.2) is 23.6 Å². The fourth-order valence-electron chi connectivity index (χ4n) is 1.73. The van der Waals surface area contributed by atoms with Gasteiger partial charge in [-0.25, -0.2) is 22.8 Å². The molecule has 19 heavy (non-hydrogen) atoms. The average Bonchev–Trinajstić information content (AvgIpc) is 2.99. The number of rotatable bonds is 6. The molecule has 0 aromatic carbocycles. The fraction of sp³-hybridized carbons (Fsp3) is 0.500. The summed E-state index contributed by atoms with van der Waals surface area (Å²) in [5.41, 5.74) is 0. The van der Waals surface area contributed by atoms with Crippen LogP contribution in [0.3, 0.4) is 0 Å². The van der Waals surface area contributed by atoms with Crippen molar-refractivity contribution in [1.29, 1.82) is 0 Å². The van der Waals surface area contributed by atoms with Gasteiger partial charge in [-0.3, -0.25) is 5.10 Å². The molecule has 1 atom stereocenters. The highest BCUT2D eigenvalue weighted by atomic mass is 32.2. The molecule has 0 aliphatic heterocycles. The van der Waals surface area contributed by atoms with E-state index >= 15 is 0 Å². The highest BCUT2D eigenvalue weighted by molar-refractivity contribution is 7.89. The Balaban J connectivity index is 2.17. The van der Waals surface area contributed by atoms with Crippen molar-refractivity contribution in [3.05, 3.63) is 24.5 Å².